The van der Waals surface area contributed by atoms with Crippen molar-refractivity contribution >= 4 is 42.8 Å². The Labute approximate surface area is 257 Å². The van der Waals surface area contributed by atoms with E-state index in [0.717, 1.165) is 19.6 Å². The van der Waals surface area contributed by atoms with Crippen LogP contribution in [0.15, 0.2) is 65.6 Å². The van der Waals surface area contributed by atoms with Gasteiger partial charge >= 0.3 is 0 Å². The van der Waals surface area contributed by atoms with E-state index < -0.39 is 9.84 Å². The fourth-order valence-electron chi connectivity index (χ4n) is 5.45. The summed E-state index contributed by atoms with van der Waals surface area (Å²) >= 11 is 1.25. The summed E-state index contributed by atoms with van der Waals surface area (Å²) < 4.78 is 32.7. The number of hydrogen-bond acceptors (Lipinski definition) is 8. The zero-order chi connectivity index (χ0) is 30.6. The second-order valence-corrected chi connectivity index (χ2v) is 14.1. The Morgan fingerprint density at radius 3 is 2.40 bits per heavy atom. The van der Waals surface area contributed by atoms with Gasteiger partial charge in [-0.2, -0.15) is 0 Å². The summed E-state index contributed by atoms with van der Waals surface area (Å²) in [6.45, 7) is 7.03. The first-order chi connectivity index (χ1) is 20.7. The average Bonchev–Trinajstić information content (AvgIpc) is 3.39. The number of nitrogens with zero attached hydrogens (tertiary/aromatic N) is 1. The molecule has 9 heteroatoms. The predicted molar refractivity (Wildman–Crippen MR) is 172 cm³/mol. The number of carbonyl (C=O) groups excluding carboxylic acids is 2. The summed E-state index contributed by atoms with van der Waals surface area (Å²) in [6.07, 6.45) is 4.92. The molecule has 1 aromatic heterocycles. The van der Waals surface area contributed by atoms with Crippen LogP contribution in [0.2, 0.25) is 0 Å². The molecule has 3 aromatic carbocycles. The van der Waals surface area contributed by atoms with Gasteiger partial charge in [0.25, 0.3) is 0 Å². The number of aromatic hydroxyl groups is 1. The van der Waals surface area contributed by atoms with Crippen LogP contribution in [0.1, 0.15) is 72.2 Å². The molecule has 2 heterocycles. The summed E-state index contributed by atoms with van der Waals surface area (Å²) in [5, 5.41) is 11.9. The maximum atomic E-state index is 14.1. The first kappa shape index (κ1) is 30.9. The van der Waals surface area contributed by atoms with Crippen molar-refractivity contribution in [1.29, 1.82) is 0 Å². The van der Waals surface area contributed by atoms with Crippen molar-refractivity contribution in [3.8, 4) is 21.9 Å². The molecule has 43 heavy (non-hydrogen) atoms. The van der Waals surface area contributed by atoms with E-state index in [-0.39, 0.29) is 33.5 Å². The largest absolute Gasteiger partial charge is 0.506 e. The number of benzene rings is 3. The van der Waals surface area contributed by atoms with Gasteiger partial charge in [-0.25, -0.2) is 8.42 Å². The number of unbranched alkanes of at least 4 members (excludes halogenated alkanes) is 1. The summed E-state index contributed by atoms with van der Waals surface area (Å²) in [5.41, 5.74) is 1.56. The zero-order valence-corrected chi connectivity index (χ0v) is 26.2. The number of Topliss-reactive ketones (excluding diaryl/α,β-unsaturated/α-hetero) is 1. The number of sulfone groups is 1. The number of piperidine rings is 1. The lowest BCUT2D eigenvalue weighted by atomic mass is 9.96. The Morgan fingerprint density at radius 1 is 0.977 bits per heavy atom. The van der Waals surface area contributed by atoms with E-state index in [1.165, 1.54) is 43.6 Å². The van der Waals surface area contributed by atoms with Crippen molar-refractivity contribution in [2.45, 2.75) is 50.8 Å². The minimum Gasteiger partial charge on any atom is -0.506 e. The highest BCUT2D eigenvalue weighted by Gasteiger charge is 2.27. The number of phenolic OH excluding ortho intramolecular Hbond substituents is 1. The van der Waals surface area contributed by atoms with E-state index in [1.807, 2.05) is 6.92 Å². The molecule has 0 unspecified atom stereocenters. The molecular formula is C34H37NO6S2. The quantitative estimate of drug-likeness (QED) is 0.168. The van der Waals surface area contributed by atoms with Crippen LogP contribution in [0.3, 0.4) is 0 Å². The van der Waals surface area contributed by atoms with Crippen LogP contribution in [-0.4, -0.2) is 62.0 Å². The molecule has 1 aliphatic heterocycles. The first-order valence-corrected chi connectivity index (χ1v) is 17.3. The van der Waals surface area contributed by atoms with E-state index >= 15 is 0 Å². The number of rotatable bonds is 12. The summed E-state index contributed by atoms with van der Waals surface area (Å²) in [5.74, 6) is -0.142. The Kier molecular flexibility index (Phi) is 9.64. The number of para-hydroxylation sites is 1. The van der Waals surface area contributed by atoms with Crippen LogP contribution >= 0.6 is 11.3 Å². The van der Waals surface area contributed by atoms with Crippen molar-refractivity contribution in [1.82, 2.24) is 4.90 Å². The van der Waals surface area contributed by atoms with Gasteiger partial charge in [0.2, 0.25) is 0 Å². The van der Waals surface area contributed by atoms with Crippen molar-refractivity contribution < 1.29 is 27.9 Å². The topological polar surface area (TPSA) is 101 Å². The number of likely N-dealkylation sites (tertiary alicyclic amines) is 1. The van der Waals surface area contributed by atoms with Crippen LogP contribution in [0.25, 0.3) is 20.5 Å². The molecule has 1 saturated heterocycles. The van der Waals surface area contributed by atoms with Gasteiger partial charge in [-0.3, -0.25) is 14.5 Å². The molecule has 0 bridgehead atoms. The highest BCUT2D eigenvalue weighted by atomic mass is 32.2. The van der Waals surface area contributed by atoms with E-state index in [0.29, 0.717) is 56.9 Å². The lowest BCUT2D eigenvalue weighted by molar-refractivity contribution is 0.101. The lowest BCUT2D eigenvalue weighted by Gasteiger charge is -2.26. The van der Waals surface area contributed by atoms with Crippen molar-refractivity contribution in [3.05, 3.63) is 77.4 Å². The van der Waals surface area contributed by atoms with E-state index in [4.69, 9.17) is 4.74 Å². The molecule has 7 nitrogen and oxygen atoms in total. The van der Waals surface area contributed by atoms with Gasteiger partial charge < -0.3 is 9.84 Å². The number of phenols is 1. The van der Waals surface area contributed by atoms with Gasteiger partial charge in [-0.1, -0.05) is 38.0 Å². The van der Waals surface area contributed by atoms with Gasteiger partial charge in [0.05, 0.1) is 10.6 Å². The highest BCUT2D eigenvalue weighted by molar-refractivity contribution is 7.91. The monoisotopic (exact) mass is 619 g/mol. The maximum Gasteiger partial charge on any atom is 0.195 e. The molecule has 0 atom stereocenters. The summed E-state index contributed by atoms with van der Waals surface area (Å²) in [6, 6.07) is 16.8. The third-order valence-corrected chi connectivity index (χ3v) is 10.9. The Hall–Kier alpha value is -3.53. The van der Waals surface area contributed by atoms with Crippen molar-refractivity contribution in [2.75, 3.05) is 32.0 Å². The molecule has 4 aromatic rings. The molecule has 1 fully saturated rings. The van der Waals surface area contributed by atoms with Crippen molar-refractivity contribution in [3.63, 3.8) is 0 Å². The maximum absolute atomic E-state index is 14.1. The standard InChI is InChI=1S/C34H37NO6S2/c1-3-4-21-43(39,40)30-10-8-9-28(33(30)38)34-31(27-16-13-25(23(2)36)22-29(27)42-34)32(37)24-11-14-26(15-12-24)41-20-19-35-17-6-5-7-18-35/h8-16,22,38H,3-7,17-21H2,1-2H3. The number of thiophene rings is 1. The predicted octanol–water partition coefficient (Wildman–Crippen LogP) is 7.15. The van der Waals surface area contributed by atoms with Gasteiger partial charge in [0.1, 0.15) is 23.0 Å². The Balaban J connectivity index is 1.50. The summed E-state index contributed by atoms with van der Waals surface area (Å²) in [4.78, 5) is 28.9. The van der Waals surface area contributed by atoms with Gasteiger partial charge in [0, 0.05) is 38.9 Å². The molecule has 5 rings (SSSR count). The Morgan fingerprint density at radius 2 is 1.70 bits per heavy atom. The molecule has 0 radical (unpaired) electrons. The van der Waals surface area contributed by atoms with Crippen LogP contribution in [-0.2, 0) is 9.84 Å². The average molecular weight is 620 g/mol. The Bertz CT molecular complexity index is 1730. The molecule has 0 saturated carbocycles. The SMILES string of the molecule is CCCCS(=O)(=O)c1cccc(-c2sc3cc(C(C)=O)ccc3c2C(=O)c2ccc(OCCN3CCCCC3)cc2)c1O. The van der Waals surface area contributed by atoms with Crippen LogP contribution in [0, 0.1) is 0 Å². The molecule has 226 valence electrons. The third-order valence-electron chi connectivity index (χ3n) is 7.91. The van der Waals surface area contributed by atoms with Crippen molar-refractivity contribution in [2.24, 2.45) is 0 Å². The zero-order valence-electron chi connectivity index (χ0n) is 24.6. The van der Waals surface area contributed by atoms with Crippen LogP contribution in [0.5, 0.6) is 11.5 Å². The summed E-state index contributed by atoms with van der Waals surface area (Å²) in [7, 11) is -3.73. The van der Waals surface area contributed by atoms with E-state index in [2.05, 4.69) is 4.90 Å². The number of hydrogen-bond donors (Lipinski definition) is 1. The number of carbonyl (C=O) groups is 2. The molecule has 1 N–H and O–H groups in total. The molecule has 0 amide bonds. The highest BCUT2D eigenvalue weighted by Crippen LogP contribution is 2.45. The number of ether oxygens (including phenoxy) is 1. The number of fused-ring (bicyclic) bond motifs is 1. The molecule has 0 spiro atoms. The van der Waals surface area contributed by atoms with Gasteiger partial charge in [-0.15, -0.1) is 11.3 Å². The number of ketones is 2. The molecule has 0 aliphatic carbocycles. The third kappa shape index (κ3) is 6.84. The van der Waals surface area contributed by atoms with Gasteiger partial charge in [-0.05, 0) is 81.7 Å². The van der Waals surface area contributed by atoms with Gasteiger partial charge in [0.15, 0.2) is 21.4 Å². The fraction of sp³-hybridized carbons (Fsp3) is 0.353. The minimum atomic E-state index is -3.73. The fourth-order valence-corrected chi connectivity index (χ4v) is 8.30. The molecular weight excluding hydrogens is 583 g/mol. The molecule has 1 aliphatic rings. The van der Waals surface area contributed by atoms with Crippen LogP contribution < -0.4 is 4.74 Å². The smallest absolute Gasteiger partial charge is 0.195 e. The first-order valence-electron chi connectivity index (χ1n) is 14.8. The second kappa shape index (κ2) is 13.4. The second-order valence-electron chi connectivity index (χ2n) is 11.0. The normalized spacial score (nSPS) is 14.2. The van der Waals surface area contributed by atoms with E-state index in [1.54, 1.807) is 54.6 Å². The lowest BCUT2D eigenvalue weighted by Crippen LogP contribution is -2.33. The van der Waals surface area contributed by atoms with E-state index in [9.17, 15) is 23.1 Å². The minimum absolute atomic E-state index is 0.0763. The van der Waals surface area contributed by atoms with Crippen LogP contribution in [0.4, 0.5) is 0 Å².